The average Bonchev–Trinajstić information content (AvgIpc) is 2.80. The molecule has 0 radical (unpaired) electrons. The van der Waals surface area contributed by atoms with Crippen molar-refractivity contribution in [2.24, 2.45) is 0 Å². The van der Waals surface area contributed by atoms with Gasteiger partial charge in [-0.2, -0.15) is 0 Å². The van der Waals surface area contributed by atoms with Crippen LogP contribution < -0.4 is 10.1 Å². The van der Waals surface area contributed by atoms with Crippen molar-refractivity contribution < 1.29 is 9.53 Å². The van der Waals surface area contributed by atoms with E-state index in [1.807, 2.05) is 31.2 Å². The van der Waals surface area contributed by atoms with E-state index in [0.717, 1.165) is 29.5 Å². The number of carbonyl (C=O) groups is 1. The molecule has 1 N–H and O–H groups in total. The first-order chi connectivity index (χ1) is 8.72. The molecule has 1 amide bonds. The lowest BCUT2D eigenvalue weighted by Gasteiger charge is -2.16. The van der Waals surface area contributed by atoms with Gasteiger partial charge in [-0.1, -0.05) is 34.1 Å². The topological polar surface area (TPSA) is 38.3 Å². The second kappa shape index (κ2) is 6.23. The van der Waals surface area contributed by atoms with Crippen LogP contribution in [-0.2, 0) is 4.79 Å². The Morgan fingerprint density at radius 1 is 1.56 bits per heavy atom. The van der Waals surface area contributed by atoms with Gasteiger partial charge in [-0.25, -0.2) is 0 Å². The van der Waals surface area contributed by atoms with Crippen molar-refractivity contribution in [1.82, 2.24) is 5.32 Å². The van der Waals surface area contributed by atoms with Crippen LogP contribution in [0.4, 0.5) is 0 Å². The van der Waals surface area contributed by atoms with Crippen molar-refractivity contribution in [1.29, 1.82) is 0 Å². The van der Waals surface area contributed by atoms with Gasteiger partial charge in [-0.3, -0.25) is 4.79 Å². The van der Waals surface area contributed by atoms with Crippen molar-refractivity contribution in [3.05, 3.63) is 29.8 Å². The number of ether oxygens (including phenoxy) is 1. The third-order valence-corrected chi connectivity index (χ3v) is 3.74. The highest BCUT2D eigenvalue weighted by atomic mass is 79.9. The van der Waals surface area contributed by atoms with Crippen LogP contribution >= 0.6 is 15.9 Å². The minimum absolute atomic E-state index is 0.0713. The first-order valence-electron chi connectivity index (χ1n) is 6.30. The Morgan fingerprint density at radius 2 is 2.33 bits per heavy atom. The Morgan fingerprint density at radius 3 is 3.11 bits per heavy atom. The van der Waals surface area contributed by atoms with Gasteiger partial charge in [0.25, 0.3) is 0 Å². The van der Waals surface area contributed by atoms with E-state index in [4.69, 9.17) is 4.74 Å². The summed E-state index contributed by atoms with van der Waals surface area (Å²) in [5.74, 6) is 0.750. The minimum atomic E-state index is -0.160. The number of amides is 1. The minimum Gasteiger partial charge on any atom is -0.492 e. The van der Waals surface area contributed by atoms with Crippen LogP contribution in [0.15, 0.2) is 24.3 Å². The number of carbonyl (C=O) groups excluding carboxylic acids is 1. The molecule has 2 atom stereocenters. The average molecular weight is 312 g/mol. The van der Waals surface area contributed by atoms with E-state index in [1.165, 1.54) is 0 Å². The first-order valence-corrected chi connectivity index (χ1v) is 7.42. The van der Waals surface area contributed by atoms with Crippen LogP contribution in [0.1, 0.15) is 31.2 Å². The smallest absolute Gasteiger partial charge is 0.231 e. The number of benzene rings is 1. The Bertz CT molecular complexity index is 422. The molecule has 3 nitrogen and oxygen atoms in total. The molecule has 18 heavy (non-hydrogen) atoms. The monoisotopic (exact) mass is 311 g/mol. The summed E-state index contributed by atoms with van der Waals surface area (Å²) in [5, 5.41) is 4.03. The number of para-hydroxylation sites is 1. The number of hydrogen-bond donors (Lipinski definition) is 1. The molecule has 0 saturated carbocycles. The third kappa shape index (κ3) is 3.05. The molecule has 0 saturated heterocycles. The van der Waals surface area contributed by atoms with Crippen LogP contribution in [0.2, 0.25) is 0 Å². The maximum absolute atomic E-state index is 12.2. The maximum Gasteiger partial charge on any atom is 0.231 e. The lowest BCUT2D eigenvalue weighted by atomic mass is 10.00. The van der Waals surface area contributed by atoms with Gasteiger partial charge in [-0.15, -0.1) is 0 Å². The highest BCUT2D eigenvalue weighted by molar-refractivity contribution is 9.09. The summed E-state index contributed by atoms with van der Waals surface area (Å²) in [7, 11) is 0. The highest BCUT2D eigenvalue weighted by Gasteiger charge is 2.30. The molecule has 0 spiro atoms. The highest BCUT2D eigenvalue weighted by Crippen LogP contribution is 2.33. The zero-order valence-corrected chi connectivity index (χ0v) is 12.1. The molecule has 1 heterocycles. The van der Waals surface area contributed by atoms with Crippen LogP contribution in [-0.4, -0.2) is 23.9 Å². The van der Waals surface area contributed by atoms with Gasteiger partial charge < -0.3 is 10.1 Å². The quantitative estimate of drug-likeness (QED) is 0.849. The standard InChI is InChI=1S/C14H18BrNO2/c1-10(5-4-8-15)16-14(17)12-9-18-13-7-3-2-6-11(12)13/h2-3,6-7,10,12H,4-5,8-9H2,1H3,(H,16,17). The number of fused-ring (bicyclic) bond motifs is 1. The second-order valence-corrected chi connectivity index (χ2v) is 5.44. The molecule has 1 aromatic rings. The molecule has 0 aliphatic carbocycles. The first kappa shape index (κ1) is 13.4. The fraction of sp³-hybridized carbons (Fsp3) is 0.500. The van der Waals surface area contributed by atoms with E-state index in [9.17, 15) is 4.79 Å². The molecule has 98 valence electrons. The molecule has 0 fully saturated rings. The number of hydrogen-bond acceptors (Lipinski definition) is 2. The summed E-state index contributed by atoms with van der Waals surface area (Å²) in [6, 6.07) is 7.97. The largest absolute Gasteiger partial charge is 0.492 e. The van der Waals surface area contributed by atoms with E-state index in [0.29, 0.717) is 6.61 Å². The van der Waals surface area contributed by atoms with Crippen LogP contribution in [0.25, 0.3) is 0 Å². The van der Waals surface area contributed by atoms with Crippen molar-refractivity contribution in [3.63, 3.8) is 0 Å². The van der Waals surface area contributed by atoms with Crippen LogP contribution in [0.3, 0.4) is 0 Å². The van der Waals surface area contributed by atoms with Crippen molar-refractivity contribution in [2.75, 3.05) is 11.9 Å². The molecule has 4 heteroatoms. The molecule has 2 unspecified atom stereocenters. The van der Waals surface area contributed by atoms with Gasteiger partial charge in [0.15, 0.2) is 0 Å². The number of alkyl halides is 1. The molecule has 2 rings (SSSR count). The van der Waals surface area contributed by atoms with Gasteiger partial charge in [0, 0.05) is 16.9 Å². The lowest BCUT2D eigenvalue weighted by molar-refractivity contribution is -0.123. The van der Waals surface area contributed by atoms with E-state index in [2.05, 4.69) is 21.2 Å². The summed E-state index contributed by atoms with van der Waals surface area (Å²) < 4.78 is 5.53. The lowest BCUT2D eigenvalue weighted by Crippen LogP contribution is -2.36. The SMILES string of the molecule is CC(CCCBr)NC(=O)C1COc2ccccc21. The third-order valence-electron chi connectivity index (χ3n) is 3.18. The summed E-state index contributed by atoms with van der Waals surface area (Å²) in [5.41, 5.74) is 1.00. The molecule has 1 aliphatic heterocycles. The van der Waals surface area contributed by atoms with Gasteiger partial charge in [0.2, 0.25) is 5.91 Å². The second-order valence-electron chi connectivity index (χ2n) is 4.64. The van der Waals surface area contributed by atoms with E-state index < -0.39 is 0 Å². The normalized spacial score (nSPS) is 18.9. The molecule has 0 aromatic heterocycles. The zero-order chi connectivity index (χ0) is 13.0. The van der Waals surface area contributed by atoms with Gasteiger partial charge in [-0.05, 0) is 25.8 Å². The predicted molar refractivity (Wildman–Crippen MR) is 75.3 cm³/mol. The fourth-order valence-corrected chi connectivity index (χ4v) is 2.50. The van der Waals surface area contributed by atoms with E-state index in [-0.39, 0.29) is 17.9 Å². The Labute approximate surface area is 116 Å². The Kier molecular flexibility index (Phi) is 4.64. The summed E-state index contributed by atoms with van der Waals surface area (Å²) >= 11 is 3.40. The maximum atomic E-state index is 12.2. The summed E-state index contributed by atoms with van der Waals surface area (Å²) in [6.45, 7) is 2.50. The van der Waals surface area contributed by atoms with Gasteiger partial charge >= 0.3 is 0 Å². The fourth-order valence-electron chi connectivity index (χ4n) is 2.18. The van der Waals surface area contributed by atoms with E-state index in [1.54, 1.807) is 0 Å². The number of rotatable bonds is 5. The molecule has 1 aliphatic rings. The molecular formula is C14H18BrNO2. The van der Waals surface area contributed by atoms with Crippen molar-refractivity contribution in [3.8, 4) is 5.75 Å². The van der Waals surface area contributed by atoms with Crippen molar-refractivity contribution >= 4 is 21.8 Å². The molecule has 1 aromatic carbocycles. The number of nitrogens with one attached hydrogen (secondary N) is 1. The number of halogens is 1. The van der Waals surface area contributed by atoms with E-state index >= 15 is 0 Å². The summed E-state index contributed by atoms with van der Waals surface area (Å²) in [6.07, 6.45) is 2.06. The van der Waals surface area contributed by atoms with Crippen LogP contribution in [0.5, 0.6) is 5.75 Å². The van der Waals surface area contributed by atoms with Crippen LogP contribution in [0, 0.1) is 0 Å². The van der Waals surface area contributed by atoms with Gasteiger partial charge in [0.1, 0.15) is 18.3 Å². The summed E-state index contributed by atoms with van der Waals surface area (Å²) in [4.78, 5) is 12.2. The van der Waals surface area contributed by atoms with Crippen molar-refractivity contribution in [2.45, 2.75) is 31.7 Å². The Balaban J connectivity index is 1.95. The Hall–Kier alpha value is -1.03. The zero-order valence-electron chi connectivity index (χ0n) is 10.5. The predicted octanol–water partition coefficient (Wildman–Crippen LogP) is 2.84. The molecule has 0 bridgehead atoms. The molecular weight excluding hydrogens is 294 g/mol. The van der Waals surface area contributed by atoms with Gasteiger partial charge in [0.05, 0.1) is 0 Å².